The van der Waals surface area contributed by atoms with Crippen LogP contribution in [0.15, 0.2) is 41.0 Å². The first-order valence-corrected chi connectivity index (χ1v) is 11.4. The van der Waals surface area contributed by atoms with Crippen LogP contribution in [0, 0.1) is 12.8 Å². The second-order valence-electron chi connectivity index (χ2n) is 8.73. The predicted octanol–water partition coefficient (Wildman–Crippen LogP) is 3.02. The number of likely N-dealkylation sites (tertiary alicyclic amines) is 2. The number of oxazole rings is 1. The van der Waals surface area contributed by atoms with Gasteiger partial charge in [-0.15, -0.1) is 0 Å². The molecule has 0 bridgehead atoms. The largest absolute Gasteiger partial charge is 0.449 e. The van der Waals surface area contributed by atoms with Crippen LogP contribution in [0.2, 0.25) is 0 Å². The molecule has 1 aromatic heterocycles. The topological polar surface area (TPSA) is 61.6 Å². The van der Waals surface area contributed by atoms with Crippen LogP contribution in [-0.4, -0.2) is 59.5 Å². The molecule has 1 N–H and O–H groups in total. The van der Waals surface area contributed by atoms with E-state index in [-0.39, 0.29) is 11.8 Å². The van der Waals surface area contributed by atoms with Crippen LogP contribution in [-0.2, 0) is 17.8 Å². The molecule has 6 heteroatoms. The zero-order chi connectivity index (χ0) is 20.8. The fourth-order valence-electron chi connectivity index (χ4n) is 4.82. The molecule has 0 radical (unpaired) electrons. The molecule has 6 nitrogen and oxygen atoms in total. The van der Waals surface area contributed by atoms with Gasteiger partial charge in [-0.3, -0.25) is 14.6 Å². The highest BCUT2D eigenvalue weighted by Gasteiger charge is 2.31. The van der Waals surface area contributed by atoms with Gasteiger partial charge in [-0.25, -0.2) is 4.98 Å². The smallest absolute Gasteiger partial charge is 0.224 e. The standard InChI is InChI=1S/C24H34N4O2/c1-19-26-22(18-30-19)17-27-14-10-23(11-15-27)28-13-5-8-21(16-28)24(29)25-12-9-20-6-3-2-4-7-20/h2-4,6-7,18,21,23H,5,8-17H2,1H3,(H,25,29). The molecule has 162 valence electrons. The van der Waals surface area contributed by atoms with Crippen molar-refractivity contribution < 1.29 is 9.21 Å². The van der Waals surface area contributed by atoms with E-state index < -0.39 is 0 Å². The molecule has 2 fully saturated rings. The van der Waals surface area contributed by atoms with Crippen LogP contribution >= 0.6 is 0 Å². The van der Waals surface area contributed by atoms with Gasteiger partial charge < -0.3 is 9.73 Å². The summed E-state index contributed by atoms with van der Waals surface area (Å²) >= 11 is 0. The third kappa shape index (κ3) is 5.70. The number of nitrogens with one attached hydrogen (secondary N) is 1. The first kappa shape index (κ1) is 21.1. The SMILES string of the molecule is Cc1nc(CN2CCC(N3CCCC(C(=O)NCCc4ccccc4)C3)CC2)co1. The summed E-state index contributed by atoms with van der Waals surface area (Å²) in [5, 5.41) is 3.17. The maximum atomic E-state index is 12.7. The molecule has 4 rings (SSSR count). The average molecular weight is 411 g/mol. The second kappa shape index (κ2) is 10.2. The summed E-state index contributed by atoms with van der Waals surface area (Å²) in [6, 6.07) is 11.0. The summed E-state index contributed by atoms with van der Waals surface area (Å²) in [5.74, 6) is 1.10. The Hall–Kier alpha value is -2.18. The van der Waals surface area contributed by atoms with Crippen molar-refractivity contribution in [2.75, 3.05) is 32.7 Å². The van der Waals surface area contributed by atoms with Crippen LogP contribution in [0.1, 0.15) is 42.8 Å². The zero-order valence-corrected chi connectivity index (χ0v) is 18.1. The van der Waals surface area contributed by atoms with Gasteiger partial charge in [0.25, 0.3) is 0 Å². The van der Waals surface area contributed by atoms with Gasteiger partial charge in [0.2, 0.25) is 5.91 Å². The molecule has 0 aliphatic carbocycles. The lowest BCUT2D eigenvalue weighted by Gasteiger charge is -2.41. The number of carbonyl (C=O) groups excluding carboxylic acids is 1. The lowest BCUT2D eigenvalue weighted by atomic mass is 9.93. The number of nitrogens with zero attached hydrogens (tertiary/aromatic N) is 3. The number of amides is 1. The highest BCUT2D eigenvalue weighted by molar-refractivity contribution is 5.79. The molecule has 2 saturated heterocycles. The van der Waals surface area contributed by atoms with E-state index in [0.717, 1.165) is 70.1 Å². The molecule has 30 heavy (non-hydrogen) atoms. The average Bonchev–Trinajstić information content (AvgIpc) is 3.19. The van der Waals surface area contributed by atoms with Crippen LogP contribution in [0.5, 0.6) is 0 Å². The minimum absolute atomic E-state index is 0.130. The van der Waals surface area contributed by atoms with Crippen molar-refractivity contribution in [1.82, 2.24) is 20.1 Å². The number of piperidine rings is 2. The number of aryl methyl sites for hydroxylation is 1. The zero-order valence-electron chi connectivity index (χ0n) is 18.1. The van der Waals surface area contributed by atoms with E-state index in [0.29, 0.717) is 6.04 Å². The Morgan fingerprint density at radius 3 is 2.70 bits per heavy atom. The molecule has 2 aliphatic heterocycles. The first-order valence-electron chi connectivity index (χ1n) is 11.4. The summed E-state index contributed by atoms with van der Waals surface area (Å²) in [5.41, 5.74) is 2.30. The molecule has 1 aromatic carbocycles. The molecule has 0 saturated carbocycles. The molecule has 2 aromatic rings. The van der Waals surface area contributed by atoms with Gasteiger partial charge in [-0.05, 0) is 44.2 Å². The van der Waals surface area contributed by atoms with Gasteiger partial charge in [-0.1, -0.05) is 30.3 Å². The maximum absolute atomic E-state index is 12.7. The molecular weight excluding hydrogens is 376 g/mol. The lowest BCUT2D eigenvalue weighted by molar-refractivity contribution is -0.127. The first-order chi connectivity index (χ1) is 14.7. The number of hydrogen-bond acceptors (Lipinski definition) is 5. The highest BCUT2D eigenvalue weighted by Crippen LogP contribution is 2.24. The Kier molecular flexibility index (Phi) is 7.18. The third-order valence-corrected chi connectivity index (χ3v) is 6.51. The van der Waals surface area contributed by atoms with Crippen molar-refractivity contribution in [1.29, 1.82) is 0 Å². The molecule has 1 amide bonds. The van der Waals surface area contributed by atoms with Gasteiger partial charge in [-0.2, -0.15) is 0 Å². The van der Waals surface area contributed by atoms with Gasteiger partial charge in [0.05, 0.1) is 11.6 Å². The number of carbonyl (C=O) groups is 1. The van der Waals surface area contributed by atoms with Crippen LogP contribution < -0.4 is 5.32 Å². The van der Waals surface area contributed by atoms with Crippen LogP contribution in [0.4, 0.5) is 0 Å². The highest BCUT2D eigenvalue weighted by atomic mass is 16.3. The quantitative estimate of drug-likeness (QED) is 0.760. The maximum Gasteiger partial charge on any atom is 0.224 e. The van der Waals surface area contributed by atoms with Crippen molar-refractivity contribution in [3.05, 3.63) is 53.7 Å². The fourth-order valence-corrected chi connectivity index (χ4v) is 4.82. The summed E-state index contributed by atoms with van der Waals surface area (Å²) in [6.45, 7) is 7.68. The summed E-state index contributed by atoms with van der Waals surface area (Å²) in [4.78, 5) is 22.2. The molecule has 2 aliphatic rings. The number of aromatic nitrogens is 1. The van der Waals surface area contributed by atoms with Crippen molar-refractivity contribution in [2.24, 2.45) is 5.92 Å². The second-order valence-corrected chi connectivity index (χ2v) is 8.73. The minimum Gasteiger partial charge on any atom is -0.449 e. The van der Waals surface area contributed by atoms with E-state index in [4.69, 9.17) is 4.42 Å². The Morgan fingerprint density at radius 2 is 1.97 bits per heavy atom. The van der Waals surface area contributed by atoms with Crippen molar-refractivity contribution in [3.63, 3.8) is 0 Å². The monoisotopic (exact) mass is 410 g/mol. The number of hydrogen-bond donors (Lipinski definition) is 1. The van der Waals surface area contributed by atoms with Gasteiger partial charge in [0.15, 0.2) is 5.89 Å². The summed E-state index contributed by atoms with van der Waals surface area (Å²) in [7, 11) is 0. The van der Waals surface area contributed by atoms with E-state index in [1.54, 1.807) is 6.26 Å². The van der Waals surface area contributed by atoms with Crippen LogP contribution in [0.25, 0.3) is 0 Å². The summed E-state index contributed by atoms with van der Waals surface area (Å²) < 4.78 is 5.33. The third-order valence-electron chi connectivity index (χ3n) is 6.51. The van der Waals surface area contributed by atoms with Crippen molar-refractivity contribution in [3.8, 4) is 0 Å². The Balaban J connectivity index is 1.19. The van der Waals surface area contributed by atoms with E-state index in [1.807, 2.05) is 25.1 Å². The Labute approximate surface area is 179 Å². The van der Waals surface area contributed by atoms with Gasteiger partial charge >= 0.3 is 0 Å². The van der Waals surface area contributed by atoms with Gasteiger partial charge in [0, 0.05) is 45.7 Å². The molecule has 3 heterocycles. The van der Waals surface area contributed by atoms with E-state index >= 15 is 0 Å². The molecule has 1 atom stereocenters. The number of benzene rings is 1. The van der Waals surface area contributed by atoms with Crippen molar-refractivity contribution >= 4 is 5.91 Å². The van der Waals surface area contributed by atoms with E-state index in [2.05, 4.69) is 32.2 Å². The van der Waals surface area contributed by atoms with Crippen LogP contribution in [0.3, 0.4) is 0 Å². The lowest BCUT2D eigenvalue weighted by Crippen LogP contribution is -2.50. The Morgan fingerprint density at radius 1 is 1.17 bits per heavy atom. The minimum atomic E-state index is 0.130. The van der Waals surface area contributed by atoms with E-state index in [9.17, 15) is 4.79 Å². The molecule has 1 unspecified atom stereocenters. The fraction of sp³-hybridized carbons (Fsp3) is 0.583. The van der Waals surface area contributed by atoms with E-state index in [1.165, 1.54) is 18.4 Å². The van der Waals surface area contributed by atoms with Crippen molar-refractivity contribution in [2.45, 2.75) is 51.6 Å². The predicted molar refractivity (Wildman–Crippen MR) is 117 cm³/mol. The normalized spacial score (nSPS) is 21.6. The molecule has 0 spiro atoms. The summed E-state index contributed by atoms with van der Waals surface area (Å²) in [6.07, 6.45) is 7.13. The molecular formula is C24H34N4O2. The Bertz CT molecular complexity index is 799. The van der Waals surface area contributed by atoms with Gasteiger partial charge in [0.1, 0.15) is 6.26 Å². The number of rotatable bonds is 7.